The summed E-state index contributed by atoms with van der Waals surface area (Å²) >= 11 is 1.90. The molecule has 0 N–H and O–H groups in total. The van der Waals surface area contributed by atoms with Gasteiger partial charge in [0.1, 0.15) is 11.2 Å². The molecule has 0 bridgehead atoms. The molecule has 0 aliphatic carbocycles. The van der Waals surface area contributed by atoms with Gasteiger partial charge in [0.05, 0.1) is 0 Å². The highest BCUT2D eigenvalue weighted by molar-refractivity contribution is 7.26. The van der Waals surface area contributed by atoms with Crippen molar-refractivity contribution in [1.82, 2.24) is 0 Å². The smallest absolute Gasteiger partial charge is 0.143 e. The topological polar surface area (TPSA) is 13.1 Å². The summed E-state index contributed by atoms with van der Waals surface area (Å²) in [4.78, 5) is 0. The highest BCUT2D eigenvalue weighted by Gasteiger charge is 2.25. The normalized spacial score (nSPS) is 12.0. The van der Waals surface area contributed by atoms with E-state index in [1.807, 2.05) is 11.3 Å². The molecule has 2 heterocycles. The molecule has 18 aromatic rings. The zero-order valence-electron chi connectivity index (χ0n) is 46.7. The van der Waals surface area contributed by atoms with E-state index in [-0.39, 0.29) is 0 Å². The summed E-state index contributed by atoms with van der Waals surface area (Å²) in [6, 6.07) is 112. The molecule has 18 rings (SSSR count). The Kier molecular flexibility index (Phi) is 10.9. The second-order valence-corrected chi connectivity index (χ2v) is 23.9. The summed E-state index contributed by atoms with van der Waals surface area (Å²) in [6.07, 6.45) is 0. The van der Waals surface area contributed by atoms with Crippen LogP contribution >= 0.6 is 11.3 Å². The van der Waals surface area contributed by atoms with E-state index in [1.54, 1.807) is 0 Å². The lowest BCUT2D eigenvalue weighted by Gasteiger charge is -2.20. The molecule has 0 amide bonds. The fourth-order valence-corrected chi connectivity index (χ4v) is 15.7. The van der Waals surface area contributed by atoms with E-state index in [0.717, 1.165) is 55.3 Å². The number of furan rings is 1. The lowest BCUT2D eigenvalue weighted by Crippen LogP contribution is -1.93. The van der Waals surface area contributed by atoms with E-state index in [4.69, 9.17) is 4.42 Å². The van der Waals surface area contributed by atoms with E-state index < -0.39 is 0 Å². The molecule has 0 unspecified atom stereocenters. The summed E-state index contributed by atoms with van der Waals surface area (Å²) in [5, 5.41) is 19.4. The van der Waals surface area contributed by atoms with Gasteiger partial charge < -0.3 is 4.42 Å². The van der Waals surface area contributed by atoms with E-state index >= 15 is 0 Å². The van der Waals surface area contributed by atoms with Gasteiger partial charge in [-0.1, -0.05) is 261 Å². The number of hydrogen-bond donors (Lipinski definition) is 0. The van der Waals surface area contributed by atoms with E-state index in [9.17, 15) is 0 Å². The van der Waals surface area contributed by atoms with Crippen LogP contribution in [-0.4, -0.2) is 0 Å². The second-order valence-electron chi connectivity index (χ2n) is 22.9. The molecule has 0 radical (unpaired) electrons. The van der Waals surface area contributed by atoms with Crippen molar-refractivity contribution in [3.8, 4) is 77.9 Å². The molecule has 0 spiro atoms. The Balaban J connectivity index is 0.897. The average molecular weight is 1110 g/mol. The van der Waals surface area contributed by atoms with Crippen LogP contribution in [0, 0.1) is 0 Å². The number of fused-ring (bicyclic) bond motifs is 12. The molecule has 0 aliphatic rings. The number of thiophene rings is 1. The molecule has 86 heavy (non-hydrogen) atoms. The van der Waals surface area contributed by atoms with Crippen molar-refractivity contribution in [3.05, 3.63) is 303 Å². The van der Waals surface area contributed by atoms with Crippen molar-refractivity contribution in [1.29, 1.82) is 0 Å². The fourth-order valence-electron chi connectivity index (χ4n) is 14.4. The second kappa shape index (κ2) is 19.3. The maximum absolute atomic E-state index is 7.19. The van der Waals surface area contributed by atoms with Gasteiger partial charge in [-0.2, -0.15) is 0 Å². The first-order valence-corrected chi connectivity index (χ1v) is 30.4. The van der Waals surface area contributed by atoms with Crippen molar-refractivity contribution in [3.63, 3.8) is 0 Å². The zero-order chi connectivity index (χ0) is 56.4. The predicted molar refractivity (Wildman–Crippen MR) is 370 cm³/mol. The first-order chi connectivity index (χ1) is 42.7. The Morgan fingerprint density at radius 1 is 0.221 bits per heavy atom. The number of benzene rings is 16. The monoisotopic (exact) mass is 1110 g/mol. The molecule has 16 aromatic carbocycles. The minimum absolute atomic E-state index is 0.874. The van der Waals surface area contributed by atoms with E-state index in [2.05, 4.69) is 303 Å². The SMILES string of the molecule is c1ccc(-c2c3ccccc3c(-c3ccc(-c4ccc5ccccc5c4)c4c3oc3ccccc34)c3cc(-c4ccc5c(-c6cccc7sc8c(-c9ccc%10ccccc%10c9)cccc8c67)c6ccccc6c(-c6ccccc6)c5c4)ccc23)cc1. The third kappa shape index (κ3) is 7.50. The van der Waals surface area contributed by atoms with Crippen LogP contribution in [0.3, 0.4) is 0 Å². The third-order valence-electron chi connectivity index (χ3n) is 18.2. The Morgan fingerprint density at radius 3 is 1.30 bits per heavy atom. The van der Waals surface area contributed by atoms with Crippen LogP contribution in [0.1, 0.15) is 0 Å². The molecule has 0 saturated carbocycles. The zero-order valence-corrected chi connectivity index (χ0v) is 47.5. The van der Waals surface area contributed by atoms with Crippen LogP contribution in [0.25, 0.3) is 185 Å². The summed E-state index contributed by atoms with van der Waals surface area (Å²) in [7, 11) is 0. The summed E-state index contributed by atoms with van der Waals surface area (Å²) in [6.45, 7) is 0. The van der Waals surface area contributed by atoms with Crippen LogP contribution in [0.15, 0.2) is 308 Å². The number of para-hydroxylation sites is 1. The Labute approximate surface area is 500 Å². The summed E-state index contributed by atoms with van der Waals surface area (Å²) in [5.74, 6) is 0. The van der Waals surface area contributed by atoms with Crippen molar-refractivity contribution in [2.45, 2.75) is 0 Å². The van der Waals surface area contributed by atoms with Gasteiger partial charge in [-0.3, -0.25) is 0 Å². The standard InChI is InChI=1S/C84H50OS/c1-3-21-53(22-4-1)77-63-27-11-14-30-66(63)80(71-46-45-61(59-39-37-51-19-7-9-25-55(51)47-59)82-69-31-15-16-35-75(69)85-83(71)82)74-50-58(41-43-67(74)77)57-42-44-68-73(49-57)78(54-23-5-2-6-24-54)64-28-12-13-29-65(64)79(68)70-33-18-36-76-81(70)72-34-17-32-62(84(72)86-76)60-40-38-52-20-8-10-26-56(52)48-60/h1-50H. The number of rotatable bonds is 7. The molecule has 2 heteroatoms. The fraction of sp³-hybridized carbons (Fsp3) is 0. The highest BCUT2D eigenvalue weighted by Crippen LogP contribution is 2.53. The molecule has 398 valence electrons. The van der Waals surface area contributed by atoms with E-state index in [0.29, 0.717) is 0 Å². The predicted octanol–water partition coefficient (Wildman–Crippen LogP) is 24.5. The van der Waals surface area contributed by atoms with Gasteiger partial charge in [-0.15, -0.1) is 11.3 Å². The van der Waals surface area contributed by atoms with Crippen LogP contribution < -0.4 is 0 Å². The molecular formula is C84H50OS. The van der Waals surface area contributed by atoms with Gasteiger partial charge in [0, 0.05) is 42.1 Å². The lowest BCUT2D eigenvalue weighted by atomic mass is 9.82. The molecule has 0 aliphatic heterocycles. The quantitative estimate of drug-likeness (QED) is 0.145. The van der Waals surface area contributed by atoms with Gasteiger partial charge in [0.2, 0.25) is 0 Å². The van der Waals surface area contributed by atoms with Crippen LogP contribution in [0.4, 0.5) is 0 Å². The maximum Gasteiger partial charge on any atom is 0.143 e. The third-order valence-corrected chi connectivity index (χ3v) is 19.4. The minimum Gasteiger partial charge on any atom is -0.455 e. The molecular weight excluding hydrogens is 1060 g/mol. The van der Waals surface area contributed by atoms with Gasteiger partial charge in [-0.05, 0) is 174 Å². The van der Waals surface area contributed by atoms with Crippen molar-refractivity contribution >= 4 is 118 Å². The van der Waals surface area contributed by atoms with Gasteiger partial charge >= 0.3 is 0 Å². The molecule has 1 nitrogen and oxygen atoms in total. The molecule has 0 fully saturated rings. The van der Waals surface area contributed by atoms with Crippen LogP contribution in [0.5, 0.6) is 0 Å². The van der Waals surface area contributed by atoms with Crippen molar-refractivity contribution in [2.75, 3.05) is 0 Å². The van der Waals surface area contributed by atoms with Crippen molar-refractivity contribution < 1.29 is 4.42 Å². The van der Waals surface area contributed by atoms with Gasteiger partial charge in [0.25, 0.3) is 0 Å². The average Bonchev–Trinajstić information content (AvgIpc) is 2.69. The van der Waals surface area contributed by atoms with Gasteiger partial charge in [0.15, 0.2) is 0 Å². The van der Waals surface area contributed by atoms with E-state index in [1.165, 1.54) is 129 Å². The molecule has 0 saturated heterocycles. The Hall–Kier alpha value is -10.9. The summed E-state index contributed by atoms with van der Waals surface area (Å²) < 4.78 is 9.78. The summed E-state index contributed by atoms with van der Waals surface area (Å²) in [5.41, 5.74) is 18.4. The maximum atomic E-state index is 7.19. The van der Waals surface area contributed by atoms with Crippen LogP contribution in [0.2, 0.25) is 0 Å². The lowest BCUT2D eigenvalue weighted by molar-refractivity contribution is 0.670. The first kappa shape index (κ1) is 48.6. The first-order valence-electron chi connectivity index (χ1n) is 29.6. The van der Waals surface area contributed by atoms with Crippen molar-refractivity contribution in [2.24, 2.45) is 0 Å². The Morgan fingerprint density at radius 2 is 0.663 bits per heavy atom. The Bertz CT molecular complexity index is 5830. The largest absolute Gasteiger partial charge is 0.455 e. The minimum atomic E-state index is 0.874. The number of hydrogen-bond acceptors (Lipinski definition) is 2. The van der Waals surface area contributed by atoms with Crippen LogP contribution in [-0.2, 0) is 0 Å². The highest BCUT2D eigenvalue weighted by atomic mass is 32.1. The van der Waals surface area contributed by atoms with Gasteiger partial charge in [-0.25, -0.2) is 0 Å². The molecule has 2 aromatic heterocycles. The molecule has 0 atom stereocenters.